The first-order chi connectivity index (χ1) is 22.2. The molecule has 2 amide bonds. The van der Waals surface area contributed by atoms with Crippen molar-refractivity contribution in [3.05, 3.63) is 64.2 Å². The number of nitrogens with one attached hydrogen (secondary N) is 3. The summed E-state index contributed by atoms with van der Waals surface area (Å²) in [5.74, 6) is -2.24. The SMILES string of the molecule is CCOC(=O)[C@H](CCc1ccccc1)CN[C@@H](C)C(=O)N1CCC[C@@H]1C(=O)N[C@H](Cc1c[nH]cn1)C(=O)OCCCCO[N+](=O)[O-]. The van der Waals surface area contributed by atoms with Crippen molar-refractivity contribution in [3.8, 4) is 0 Å². The van der Waals surface area contributed by atoms with Crippen LogP contribution in [-0.2, 0) is 46.3 Å². The first-order valence-electron chi connectivity index (χ1n) is 15.7. The molecular weight excluding hydrogens is 600 g/mol. The van der Waals surface area contributed by atoms with Gasteiger partial charge in [-0.15, -0.1) is 10.1 Å². The number of imidazole rings is 1. The fourth-order valence-electron chi connectivity index (χ4n) is 5.20. The molecule has 0 radical (unpaired) electrons. The van der Waals surface area contributed by atoms with Crippen molar-refractivity contribution < 1.29 is 38.6 Å². The molecule has 0 saturated carbocycles. The molecular formula is C31H44N6O9. The molecule has 1 fully saturated rings. The van der Waals surface area contributed by atoms with Gasteiger partial charge in [0, 0.05) is 25.7 Å². The molecule has 0 spiro atoms. The van der Waals surface area contributed by atoms with Gasteiger partial charge in [-0.25, -0.2) is 9.78 Å². The Morgan fingerprint density at radius 1 is 1.13 bits per heavy atom. The van der Waals surface area contributed by atoms with Gasteiger partial charge in [-0.3, -0.25) is 14.4 Å². The summed E-state index contributed by atoms with van der Waals surface area (Å²) in [5, 5.41) is 15.3. The number of carbonyl (C=O) groups is 4. The van der Waals surface area contributed by atoms with Crippen molar-refractivity contribution in [2.24, 2.45) is 5.92 Å². The minimum atomic E-state index is -1.06. The lowest BCUT2D eigenvalue weighted by molar-refractivity contribution is -0.757. The van der Waals surface area contributed by atoms with Crippen LogP contribution in [0, 0.1) is 16.0 Å². The number of ether oxygens (including phenoxy) is 2. The fraction of sp³-hybridized carbons (Fsp3) is 0.581. The maximum absolute atomic E-state index is 13.5. The van der Waals surface area contributed by atoms with E-state index < -0.39 is 41.0 Å². The molecule has 2 aromatic rings. The highest BCUT2D eigenvalue weighted by molar-refractivity contribution is 5.92. The smallest absolute Gasteiger partial charge is 0.329 e. The highest BCUT2D eigenvalue weighted by Crippen LogP contribution is 2.20. The monoisotopic (exact) mass is 644 g/mol. The third-order valence-corrected chi connectivity index (χ3v) is 7.67. The number of unbranched alkanes of at least 4 members (excludes halogenated alkanes) is 1. The number of hydrogen-bond donors (Lipinski definition) is 3. The van der Waals surface area contributed by atoms with Crippen molar-refractivity contribution in [1.82, 2.24) is 25.5 Å². The molecule has 0 bridgehead atoms. The third-order valence-electron chi connectivity index (χ3n) is 7.67. The molecule has 1 aliphatic rings. The van der Waals surface area contributed by atoms with Crippen LogP contribution < -0.4 is 10.6 Å². The summed E-state index contributed by atoms with van der Waals surface area (Å²) in [6.07, 6.45) is 6.03. The number of aromatic nitrogens is 2. The summed E-state index contributed by atoms with van der Waals surface area (Å²) < 4.78 is 10.6. The lowest BCUT2D eigenvalue weighted by atomic mass is 9.99. The van der Waals surface area contributed by atoms with Gasteiger partial charge in [-0.05, 0) is 57.9 Å². The zero-order valence-corrected chi connectivity index (χ0v) is 26.4. The summed E-state index contributed by atoms with van der Waals surface area (Å²) >= 11 is 0. The van der Waals surface area contributed by atoms with Crippen LogP contribution in [0.1, 0.15) is 57.2 Å². The molecule has 1 aliphatic heterocycles. The van der Waals surface area contributed by atoms with Gasteiger partial charge < -0.3 is 34.8 Å². The van der Waals surface area contributed by atoms with Crippen molar-refractivity contribution >= 4 is 23.8 Å². The first kappa shape index (κ1) is 35.9. The summed E-state index contributed by atoms with van der Waals surface area (Å²) in [5.41, 5.74) is 1.63. The number of nitrogens with zero attached hydrogens (tertiary/aromatic N) is 3. The molecule has 15 heteroatoms. The zero-order valence-electron chi connectivity index (χ0n) is 26.4. The van der Waals surface area contributed by atoms with Crippen LogP contribution in [0.3, 0.4) is 0 Å². The number of benzene rings is 1. The van der Waals surface area contributed by atoms with Gasteiger partial charge in [-0.1, -0.05) is 30.3 Å². The molecule has 252 valence electrons. The Kier molecular flexibility index (Phi) is 14.9. The number of amides is 2. The zero-order chi connectivity index (χ0) is 33.3. The van der Waals surface area contributed by atoms with E-state index in [0.717, 1.165) is 5.56 Å². The molecule has 15 nitrogen and oxygen atoms in total. The van der Waals surface area contributed by atoms with Gasteiger partial charge in [0.25, 0.3) is 5.09 Å². The number of likely N-dealkylation sites (tertiary alicyclic amines) is 1. The highest BCUT2D eigenvalue weighted by Gasteiger charge is 2.38. The number of hydrogen-bond acceptors (Lipinski definition) is 11. The fourth-order valence-corrected chi connectivity index (χ4v) is 5.20. The average Bonchev–Trinajstić information content (AvgIpc) is 3.75. The van der Waals surface area contributed by atoms with Crippen LogP contribution in [0.4, 0.5) is 0 Å². The molecule has 3 rings (SSSR count). The first-order valence-corrected chi connectivity index (χ1v) is 15.7. The summed E-state index contributed by atoms with van der Waals surface area (Å²) in [7, 11) is 0. The number of esters is 2. The van der Waals surface area contributed by atoms with Crippen LogP contribution in [0.5, 0.6) is 0 Å². The Bertz CT molecular complexity index is 1260. The predicted molar refractivity (Wildman–Crippen MR) is 164 cm³/mol. The molecule has 46 heavy (non-hydrogen) atoms. The number of H-pyrrole nitrogens is 1. The lowest BCUT2D eigenvalue weighted by Gasteiger charge is -2.29. The van der Waals surface area contributed by atoms with E-state index >= 15 is 0 Å². The van der Waals surface area contributed by atoms with E-state index in [1.54, 1.807) is 20.0 Å². The molecule has 2 heterocycles. The van der Waals surface area contributed by atoms with Crippen LogP contribution in [0.15, 0.2) is 42.9 Å². The second-order valence-electron chi connectivity index (χ2n) is 11.1. The van der Waals surface area contributed by atoms with Gasteiger partial charge >= 0.3 is 11.9 Å². The molecule has 1 aromatic carbocycles. The number of aromatic amines is 1. The predicted octanol–water partition coefficient (Wildman–Crippen LogP) is 1.75. The maximum atomic E-state index is 13.5. The normalized spacial score (nSPS) is 16.2. The summed E-state index contributed by atoms with van der Waals surface area (Å²) in [6, 6.07) is 7.29. The second kappa shape index (κ2) is 19.1. The van der Waals surface area contributed by atoms with Crippen LogP contribution >= 0.6 is 0 Å². The lowest BCUT2D eigenvalue weighted by Crippen LogP contribution is -2.55. The van der Waals surface area contributed by atoms with Gasteiger partial charge in [0.1, 0.15) is 12.1 Å². The largest absolute Gasteiger partial charge is 0.466 e. The van der Waals surface area contributed by atoms with E-state index in [1.807, 2.05) is 30.3 Å². The van der Waals surface area contributed by atoms with Crippen molar-refractivity contribution in [2.45, 2.75) is 76.9 Å². The number of aryl methyl sites for hydroxylation is 1. The molecule has 0 unspecified atom stereocenters. The Morgan fingerprint density at radius 3 is 2.59 bits per heavy atom. The van der Waals surface area contributed by atoms with E-state index in [2.05, 4.69) is 25.4 Å². The molecule has 3 N–H and O–H groups in total. The topological polar surface area (TPSA) is 195 Å². The summed E-state index contributed by atoms with van der Waals surface area (Å²) in [6.45, 7) is 4.19. The maximum Gasteiger partial charge on any atom is 0.329 e. The van der Waals surface area contributed by atoms with Gasteiger partial charge in [0.2, 0.25) is 11.8 Å². The van der Waals surface area contributed by atoms with E-state index in [9.17, 15) is 29.3 Å². The van der Waals surface area contributed by atoms with Crippen LogP contribution in [0.2, 0.25) is 0 Å². The van der Waals surface area contributed by atoms with Gasteiger partial charge in [0.05, 0.1) is 43.8 Å². The quantitative estimate of drug-likeness (QED) is 0.0822. The van der Waals surface area contributed by atoms with E-state index in [4.69, 9.17) is 9.47 Å². The molecule has 1 aromatic heterocycles. The Labute approximate surface area is 267 Å². The van der Waals surface area contributed by atoms with Crippen LogP contribution in [0.25, 0.3) is 0 Å². The minimum absolute atomic E-state index is 0.0117. The van der Waals surface area contributed by atoms with E-state index in [1.165, 1.54) is 11.2 Å². The third kappa shape index (κ3) is 11.8. The summed E-state index contributed by atoms with van der Waals surface area (Å²) in [4.78, 5) is 75.5. The number of carbonyl (C=O) groups excluding carboxylic acids is 4. The highest BCUT2D eigenvalue weighted by atomic mass is 16.9. The van der Waals surface area contributed by atoms with Crippen molar-refractivity contribution in [2.75, 3.05) is 32.9 Å². The van der Waals surface area contributed by atoms with E-state index in [0.29, 0.717) is 50.8 Å². The standard InChI is InChI=1S/C31H44N6O9/c1-3-44-30(40)24(14-13-23-10-5-4-6-11-23)19-33-22(2)29(39)36-15-9-12-27(36)28(38)35-26(18-25-20-32-21-34-25)31(41)45-16-7-8-17-46-37(42)43/h4-6,10-11,20-22,24,26-27,33H,3,7-9,12-19H2,1-2H3,(H,32,34)(H,35,38)/t22-,24+,26+,27+/m0/s1. The Morgan fingerprint density at radius 2 is 1.89 bits per heavy atom. The Hall–Kier alpha value is -4.53. The second-order valence-corrected chi connectivity index (χ2v) is 11.1. The molecule has 1 saturated heterocycles. The average molecular weight is 645 g/mol. The van der Waals surface area contributed by atoms with Crippen LogP contribution in [-0.4, -0.2) is 94.7 Å². The minimum Gasteiger partial charge on any atom is -0.466 e. The van der Waals surface area contributed by atoms with Crippen molar-refractivity contribution in [1.29, 1.82) is 0 Å². The van der Waals surface area contributed by atoms with Crippen molar-refractivity contribution in [3.63, 3.8) is 0 Å². The van der Waals surface area contributed by atoms with E-state index in [-0.39, 0.29) is 44.7 Å². The van der Waals surface area contributed by atoms with Gasteiger partial charge in [0.15, 0.2) is 0 Å². The Balaban J connectivity index is 1.57. The van der Waals surface area contributed by atoms with Gasteiger partial charge in [-0.2, -0.15) is 0 Å². The molecule has 0 aliphatic carbocycles. The molecule has 4 atom stereocenters. The number of rotatable bonds is 20.